The summed E-state index contributed by atoms with van der Waals surface area (Å²) >= 11 is 0. The van der Waals surface area contributed by atoms with E-state index in [4.69, 9.17) is 0 Å². The van der Waals surface area contributed by atoms with Crippen molar-refractivity contribution in [2.45, 2.75) is 44.8 Å². The number of benzene rings is 4. The molecule has 0 unspecified atom stereocenters. The predicted octanol–water partition coefficient (Wildman–Crippen LogP) is 2.88. The van der Waals surface area contributed by atoms with Crippen molar-refractivity contribution in [2.24, 2.45) is 0 Å². The largest absolute Gasteiger partial charge is 0.508 e. The minimum atomic E-state index is -0.905. The minimum Gasteiger partial charge on any atom is -0.508 e. The van der Waals surface area contributed by atoms with Gasteiger partial charge in [0.2, 0.25) is 11.8 Å². The van der Waals surface area contributed by atoms with E-state index in [0.717, 1.165) is 27.5 Å². The average Bonchev–Trinajstić information content (AvgIpc) is 3.57. The summed E-state index contributed by atoms with van der Waals surface area (Å²) in [5.74, 6) is -0.423. The summed E-state index contributed by atoms with van der Waals surface area (Å²) in [6.45, 7) is 0.677. The summed E-state index contributed by atoms with van der Waals surface area (Å²) in [7, 11) is 0. The molecule has 2 fully saturated rings. The van der Waals surface area contributed by atoms with Crippen molar-refractivity contribution in [1.82, 2.24) is 40.1 Å². The molecule has 2 saturated heterocycles. The maximum atomic E-state index is 14.5. The normalized spacial score (nSPS) is 17.7. The molecule has 0 bridgehead atoms. The van der Waals surface area contributed by atoms with Crippen molar-refractivity contribution in [1.29, 1.82) is 0 Å². The number of aliphatic hydroxyl groups is 1. The van der Waals surface area contributed by atoms with Crippen molar-refractivity contribution >= 4 is 28.6 Å². The summed E-state index contributed by atoms with van der Waals surface area (Å²) in [5.41, 5.74) is 3.14. The van der Waals surface area contributed by atoms with Crippen LogP contribution in [-0.2, 0) is 63.3 Å². The monoisotopic (exact) mass is 858 g/mol. The molecule has 0 radical (unpaired) electrons. The molecule has 0 aliphatic carbocycles. The van der Waals surface area contributed by atoms with Crippen LogP contribution in [0.3, 0.4) is 0 Å². The number of amides is 4. The zero-order valence-electron chi connectivity index (χ0n) is 27.8. The van der Waals surface area contributed by atoms with Gasteiger partial charge in [-0.25, -0.2) is 14.5 Å². The number of urea groups is 1. The van der Waals surface area contributed by atoms with E-state index < -0.39 is 18.2 Å². The van der Waals surface area contributed by atoms with Crippen LogP contribution in [0.5, 0.6) is 5.75 Å². The van der Waals surface area contributed by atoms with Crippen LogP contribution in [-0.4, -0.2) is 94.8 Å². The van der Waals surface area contributed by atoms with Crippen LogP contribution in [0.1, 0.15) is 22.4 Å². The molecular weight excluding hydrogens is 820 g/mol. The number of hydrogen-bond acceptors (Lipinski definition) is 8. The van der Waals surface area contributed by atoms with E-state index in [-0.39, 0.29) is 90.9 Å². The van der Waals surface area contributed by atoms with Gasteiger partial charge in [0.1, 0.15) is 18.0 Å². The second kappa shape index (κ2) is 15.8. The Labute approximate surface area is 309 Å². The van der Waals surface area contributed by atoms with Gasteiger partial charge in [-0.2, -0.15) is 5.01 Å². The summed E-state index contributed by atoms with van der Waals surface area (Å²) < 4.78 is 1.51. The fourth-order valence-corrected chi connectivity index (χ4v) is 6.83. The van der Waals surface area contributed by atoms with Crippen LogP contribution in [0.4, 0.5) is 4.79 Å². The number of aromatic nitrogens is 3. The minimum absolute atomic E-state index is 0. The van der Waals surface area contributed by atoms with Crippen LogP contribution in [0.25, 0.3) is 10.8 Å². The summed E-state index contributed by atoms with van der Waals surface area (Å²) in [5, 5.41) is 35.9. The van der Waals surface area contributed by atoms with Crippen LogP contribution >= 0.6 is 0 Å². The Bertz CT molecular complexity index is 1990. The molecule has 13 nitrogen and oxygen atoms in total. The topological polar surface area (TPSA) is 147 Å². The Hall–Kier alpha value is -5.10. The van der Waals surface area contributed by atoms with E-state index >= 15 is 0 Å². The number of phenols is 1. The first kappa shape index (κ1) is 35.7. The molecule has 4 aromatic carbocycles. The smallest absolute Gasteiger partial charge is 0.334 e. The van der Waals surface area contributed by atoms with Gasteiger partial charge in [-0.15, -0.1) is 5.10 Å². The van der Waals surface area contributed by atoms with Crippen LogP contribution in [0.15, 0.2) is 103 Å². The Kier molecular flexibility index (Phi) is 11.1. The molecule has 2 aliphatic heterocycles. The second-order valence-corrected chi connectivity index (χ2v) is 12.5. The number of rotatable bonds is 10. The van der Waals surface area contributed by atoms with Gasteiger partial charge in [0, 0.05) is 46.8 Å². The molecule has 0 saturated carbocycles. The molecule has 3 N–H and O–H groups in total. The van der Waals surface area contributed by atoms with Gasteiger partial charge in [-0.3, -0.25) is 9.59 Å². The van der Waals surface area contributed by atoms with Gasteiger partial charge < -0.3 is 25.3 Å². The van der Waals surface area contributed by atoms with Crippen molar-refractivity contribution in [3.63, 3.8) is 0 Å². The van der Waals surface area contributed by atoms with Crippen LogP contribution < -0.4 is 5.32 Å². The zero-order chi connectivity index (χ0) is 34.6. The summed E-state index contributed by atoms with van der Waals surface area (Å²) in [6.07, 6.45) is 1.04. The second-order valence-electron chi connectivity index (χ2n) is 12.5. The molecule has 0 spiro atoms. The van der Waals surface area contributed by atoms with Crippen molar-refractivity contribution in [3.05, 3.63) is 126 Å². The molecule has 5 aromatic rings. The van der Waals surface area contributed by atoms with Gasteiger partial charge in [-0.1, -0.05) is 90.1 Å². The van der Waals surface area contributed by atoms with E-state index in [0.29, 0.717) is 5.69 Å². The quantitative estimate of drug-likeness (QED) is 0.195. The van der Waals surface area contributed by atoms with E-state index in [1.165, 1.54) is 4.68 Å². The number of aromatic hydroxyl groups is 1. The molecular formula is C37H38N8O5W. The molecule has 4 amide bonds. The third-order valence-electron chi connectivity index (χ3n) is 9.19. The standard InChI is InChI=1S/C37H38N8O5.W/c46-18-17-42-22-30(39-40-42)23-43-25-35(48)44-33(19-26-13-15-31(47)16-14-26)36(49)41(21-29-11-6-10-28-9-4-5-12-32(28)29)24-34(44)45(43)37(50)38-20-27-7-2-1-3-8-27;/h1-16,22,33-34,46-47H,17-21,23-25H2,(H,38,50);/t33-,34-;/m0./s1. The molecule has 1 aromatic heterocycles. The number of fused-ring (bicyclic) bond motifs is 2. The molecule has 2 aliphatic rings. The van der Waals surface area contributed by atoms with Crippen LogP contribution in [0.2, 0.25) is 0 Å². The van der Waals surface area contributed by atoms with Crippen molar-refractivity contribution in [2.75, 3.05) is 19.7 Å². The maximum Gasteiger partial charge on any atom is 0.334 e. The van der Waals surface area contributed by atoms with Gasteiger partial charge >= 0.3 is 6.03 Å². The van der Waals surface area contributed by atoms with Crippen molar-refractivity contribution < 1.29 is 45.7 Å². The molecule has 14 heteroatoms. The first-order chi connectivity index (χ1) is 24.4. The average molecular weight is 859 g/mol. The van der Waals surface area contributed by atoms with Gasteiger partial charge in [-0.05, 0) is 39.6 Å². The van der Waals surface area contributed by atoms with E-state index in [1.54, 1.807) is 50.3 Å². The van der Waals surface area contributed by atoms with E-state index in [2.05, 4.69) is 15.6 Å². The van der Waals surface area contributed by atoms with Gasteiger partial charge in [0.15, 0.2) is 0 Å². The first-order valence-electron chi connectivity index (χ1n) is 16.6. The Balaban J connectivity index is 0.00000448. The Morgan fingerprint density at radius 1 is 0.882 bits per heavy atom. The number of aliphatic hydroxyl groups excluding tert-OH is 1. The molecule has 262 valence electrons. The zero-order valence-corrected chi connectivity index (χ0v) is 30.7. The Morgan fingerprint density at radius 3 is 2.41 bits per heavy atom. The fraction of sp³-hybridized carbons (Fsp3) is 0.270. The number of nitrogens with zero attached hydrogens (tertiary/aromatic N) is 7. The third kappa shape index (κ3) is 7.80. The SMILES string of the molecule is O=C1[C@H](Cc2ccc(O)cc2)N2C(=O)CN(Cc3cn(CCO)nn3)N(C(=O)NCc3ccccc3)[C@H]2CN1Cc1cccc2ccccc12.[W]. The molecule has 51 heavy (non-hydrogen) atoms. The van der Waals surface area contributed by atoms with Crippen molar-refractivity contribution in [3.8, 4) is 5.75 Å². The van der Waals surface area contributed by atoms with E-state index in [9.17, 15) is 24.6 Å². The third-order valence-corrected chi connectivity index (χ3v) is 9.19. The number of hydrazine groups is 1. The number of carbonyl (C=O) groups excluding carboxylic acids is 3. The van der Waals surface area contributed by atoms with Gasteiger partial charge in [0.25, 0.3) is 0 Å². The van der Waals surface area contributed by atoms with E-state index in [1.807, 2.05) is 72.8 Å². The molecule has 2 atom stereocenters. The number of hydrogen-bond donors (Lipinski definition) is 3. The fourth-order valence-electron chi connectivity index (χ4n) is 6.83. The number of nitrogens with one attached hydrogen (secondary N) is 1. The van der Waals surface area contributed by atoms with Crippen LogP contribution in [0, 0.1) is 0 Å². The Morgan fingerprint density at radius 2 is 1.63 bits per heavy atom. The maximum absolute atomic E-state index is 14.5. The van der Waals surface area contributed by atoms with Gasteiger partial charge in [0.05, 0.1) is 38.5 Å². The number of phenolic OH excluding ortho intramolecular Hbond substituents is 1. The first-order valence-corrected chi connectivity index (χ1v) is 16.6. The number of carbonyl (C=O) groups is 3. The number of piperazine rings is 1. The summed E-state index contributed by atoms with van der Waals surface area (Å²) in [6, 6.07) is 28.8. The molecule has 3 heterocycles. The molecule has 7 rings (SSSR count). The predicted molar refractivity (Wildman–Crippen MR) is 184 cm³/mol. The summed E-state index contributed by atoms with van der Waals surface area (Å²) in [4.78, 5) is 46.2.